The van der Waals surface area contributed by atoms with Crippen molar-refractivity contribution in [1.82, 2.24) is 5.32 Å². The molecule has 0 saturated carbocycles. The minimum Gasteiger partial charge on any atom is -0.494 e. The predicted molar refractivity (Wildman–Crippen MR) is 122 cm³/mol. The number of hydrogen-bond acceptors (Lipinski definition) is 5. The van der Waals surface area contributed by atoms with E-state index in [-0.39, 0.29) is 17.7 Å². The lowest BCUT2D eigenvalue weighted by Gasteiger charge is -2.29. The van der Waals surface area contributed by atoms with Gasteiger partial charge in [0.25, 0.3) is 5.91 Å². The van der Waals surface area contributed by atoms with E-state index in [2.05, 4.69) is 15.5 Å². The fourth-order valence-electron chi connectivity index (χ4n) is 3.43. The summed E-state index contributed by atoms with van der Waals surface area (Å²) in [5.41, 5.74) is 2.28. The van der Waals surface area contributed by atoms with Gasteiger partial charge in [-0.3, -0.25) is 9.59 Å². The Morgan fingerprint density at radius 3 is 2.26 bits per heavy atom. The van der Waals surface area contributed by atoms with Gasteiger partial charge in [0.1, 0.15) is 11.8 Å². The van der Waals surface area contributed by atoms with E-state index in [0.29, 0.717) is 23.6 Å². The Kier molecular flexibility index (Phi) is 7.89. The molecule has 0 aliphatic carbocycles. The monoisotopic (exact) mass is 425 g/mol. The summed E-state index contributed by atoms with van der Waals surface area (Å²) in [5.74, 6) is 0.102. The maximum atomic E-state index is 12.9. The van der Waals surface area contributed by atoms with Gasteiger partial charge in [-0.15, -0.1) is 0 Å². The van der Waals surface area contributed by atoms with Crippen LogP contribution in [0.15, 0.2) is 48.5 Å². The highest BCUT2D eigenvalue weighted by atomic mass is 16.5. The minimum atomic E-state index is -0.655. The van der Waals surface area contributed by atoms with Gasteiger partial charge < -0.3 is 25.0 Å². The standard InChI is InChI=1S/C24H31N3O4/c1-4-31-21-11-5-18(6-12-21)23(28)26-22(17(2)3)24(29)25-19-7-9-20(10-8-19)27-13-15-30-16-14-27/h5-12,17,22H,4,13-16H2,1-3H3,(H,25,29)(H,26,28). The third-order valence-electron chi connectivity index (χ3n) is 5.17. The SMILES string of the molecule is CCOc1ccc(C(=O)NC(C(=O)Nc2ccc(N3CCOCC3)cc2)C(C)C)cc1. The van der Waals surface area contributed by atoms with Crippen molar-refractivity contribution in [2.24, 2.45) is 5.92 Å². The molecule has 31 heavy (non-hydrogen) atoms. The first kappa shape index (κ1) is 22.6. The molecule has 0 radical (unpaired) electrons. The van der Waals surface area contributed by atoms with Gasteiger partial charge in [-0.05, 0) is 61.4 Å². The molecule has 7 heteroatoms. The number of amides is 2. The lowest BCUT2D eigenvalue weighted by molar-refractivity contribution is -0.118. The van der Waals surface area contributed by atoms with Crippen molar-refractivity contribution < 1.29 is 19.1 Å². The molecule has 1 unspecified atom stereocenters. The molecule has 7 nitrogen and oxygen atoms in total. The molecule has 2 amide bonds. The van der Waals surface area contributed by atoms with Crippen LogP contribution in [0.1, 0.15) is 31.1 Å². The molecule has 166 valence electrons. The Bertz CT molecular complexity index is 859. The number of rotatable bonds is 8. The zero-order valence-electron chi connectivity index (χ0n) is 18.4. The number of benzene rings is 2. The van der Waals surface area contributed by atoms with Gasteiger partial charge in [0.15, 0.2) is 0 Å². The maximum Gasteiger partial charge on any atom is 0.251 e. The van der Waals surface area contributed by atoms with Crippen LogP contribution in [0, 0.1) is 5.92 Å². The Morgan fingerprint density at radius 2 is 1.68 bits per heavy atom. The smallest absolute Gasteiger partial charge is 0.251 e. The summed E-state index contributed by atoms with van der Waals surface area (Å²) in [6, 6.07) is 14.0. The van der Waals surface area contributed by atoms with Crippen molar-refractivity contribution >= 4 is 23.2 Å². The second kappa shape index (κ2) is 10.8. The normalized spacial score (nSPS) is 14.8. The fourth-order valence-corrected chi connectivity index (χ4v) is 3.43. The summed E-state index contributed by atoms with van der Waals surface area (Å²) in [6.07, 6.45) is 0. The third-order valence-corrected chi connectivity index (χ3v) is 5.17. The first-order chi connectivity index (χ1) is 15.0. The zero-order chi connectivity index (χ0) is 22.2. The van der Waals surface area contributed by atoms with Crippen molar-refractivity contribution in [3.8, 4) is 5.75 Å². The average molecular weight is 426 g/mol. The third kappa shape index (κ3) is 6.21. The molecule has 1 atom stereocenters. The van der Waals surface area contributed by atoms with Gasteiger partial charge in [0.05, 0.1) is 19.8 Å². The van der Waals surface area contributed by atoms with Crippen LogP contribution in [-0.4, -0.2) is 50.8 Å². The molecule has 3 rings (SSSR count). The highest BCUT2D eigenvalue weighted by Gasteiger charge is 2.25. The molecule has 1 aliphatic heterocycles. The zero-order valence-corrected chi connectivity index (χ0v) is 18.4. The van der Waals surface area contributed by atoms with E-state index in [1.807, 2.05) is 45.0 Å². The number of nitrogens with zero attached hydrogens (tertiary/aromatic N) is 1. The minimum absolute atomic E-state index is 0.0701. The van der Waals surface area contributed by atoms with E-state index in [0.717, 1.165) is 32.0 Å². The molecule has 2 N–H and O–H groups in total. The van der Waals surface area contributed by atoms with Crippen LogP contribution in [0.3, 0.4) is 0 Å². The van der Waals surface area contributed by atoms with Crippen molar-refractivity contribution in [2.75, 3.05) is 43.1 Å². The second-order valence-electron chi connectivity index (χ2n) is 7.79. The van der Waals surface area contributed by atoms with Crippen LogP contribution in [0.5, 0.6) is 5.75 Å². The van der Waals surface area contributed by atoms with Crippen molar-refractivity contribution in [2.45, 2.75) is 26.8 Å². The predicted octanol–water partition coefficient (Wildman–Crippen LogP) is 3.32. The van der Waals surface area contributed by atoms with Gasteiger partial charge in [-0.2, -0.15) is 0 Å². The maximum absolute atomic E-state index is 12.9. The lowest BCUT2D eigenvalue weighted by atomic mass is 10.0. The number of hydrogen-bond donors (Lipinski definition) is 2. The first-order valence-corrected chi connectivity index (χ1v) is 10.7. The van der Waals surface area contributed by atoms with Crippen molar-refractivity contribution in [3.63, 3.8) is 0 Å². The summed E-state index contributed by atoms with van der Waals surface area (Å²) in [6.45, 7) is 9.45. The molecule has 0 aromatic heterocycles. The van der Waals surface area contributed by atoms with E-state index in [4.69, 9.17) is 9.47 Å². The van der Waals surface area contributed by atoms with Crippen LogP contribution < -0.4 is 20.3 Å². The molecule has 2 aromatic carbocycles. The summed E-state index contributed by atoms with van der Waals surface area (Å²) in [7, 11) is 0. The van der Waals surface area contributed by atoms with E-state index >= 15 is 0 Å². The molecule has 0 spiro atoms. The molecular formula is C24H31N3O4. The van der Waals surface area contributed by atoms with Crippen LogP contribution in [0.25, 0.3) is 0 Å². The number of carbonyl (C=O) groups excluding carboxylic acids is 2. The van der Waals surface area contributed by atoms with E-state index in [9.17, 15) is 9.59 Å². The van der Waals surface area contributed by atoms with Crippen LogP contribution in [0.2, 0.25) is 0 Å². The van der Waals surface area contributed by atoms with Gasteiger partial charge in [-0.25, -0.2) is 0 Å². The number of nitrogens with one attached hydrogen (secondary N) is 2. The molecule has 2 aromatic rings. The van der Waals surface area contributed by atoms with E-state index in [1.165, 1.54) is 0 Å². The van der Waals surface area contributed by atoms with Gasteiger partial charge >= 0.3 is 0 Å². The Morgan fingerprint density at radius 1 is 1.03 bits per heavy atom. The molecular weight excluding hydrogens is 394 g/mol. The van der Waals surface area contributed by atoms with Gasteiger partial charge in [0.2, 0.25) is 5.91 Å². The Balaban J connectivity index is 1.61. The van der Waals surface area contributed by atoms with Crippen molar-refractivity contribution in [3.05, 3.63) is 54.1 Å². The molecule has 1 aliphatic rings. The number of ether oxygens (including phenoxy) is 2. The summed E-state index contributed by atoms with van der Waals surface area (Å²) in [4.78, 5) is 27.8. The summed E-state index contributed by atoms with van der Waals surface area (Å²) < 4.78 is 10.8. The number of anilines is 2. The largest absolute Gasteiger partial charge is 0.494 e. The summed E-state index contributed by atoms with van der Waals surface area (Å²) >= 11 is 0. The van der Waals surface area contributed by atoms with E-state index in [1.54, 1.807) is 24.3 Å². The number of morpholine rings is 1. The topological polar surface area (TPSA) is 79.9 Å². The van der Waals surface area contributed by atoms with Crippen LogP contribution in [-0.2, 0) is 9.53 Å². The second-order valence-corrected chi connectivity index (χ2v) is 7.79. The highest BCUT2D eigenvalue weighted by molar-refractivity contribution is 6.01. The molecule has 0 bridgehead atoms. The fraction of sp³-hybridized carbons (Fsp3) is 0.417. The van der Waals surface area contributed by atoms with Crippen molar-refractivity contribution in [1.29, 1.82) is 0 Å². The lowest BCUT2D eigenvalue weighted by Crippen LogP contribution is -2.47. The van der Waals surface area contributed by atoms with Gasteiger partial charge in [0, 0.05) is 30.0 Å². The first-order valence-electron chi connectivity index (χ1n) is 10.7. The average Bonchev–Trinajstić information content (AvgIpc) is 2.79. The quantitative estimate of drug-likeness (QED) is 0.678. The van der Waals surface area contributed by atoms with Gasteiger partial charge in [-0.1, -0.05) is 13.8 Å². The van der Waals surface area contributed by atoms with Crippen LogP contribution in [0.4, 0.5) is 11.4 Å². The molecule has 1 fully saturated rings. The Labute approximate surface area is 183 Å². The van der Waals surface area contributed by atoms with E-state index < -0.39 is 6.04 Å². The highest BCUT2D eigenvalue weighted by Crippen LogP contribution is 2.20. The summed E-state index contributed by atoms with van der Waals surface area (Å²) in [5, 5.41) is 5.77. The Hall–Kier alpha value is -3.06. The molecule has 1 heterocycles. The number of carbonyl (C=O) groups is 2. The van der Waals surface area contributed by atoms with Crippen LogP contribution >= 0.6 is 0 Å². The molecule has 1 saturated heterocycles.